The van der Waals surface area contributed by atoms with Crippen molar-refractivity contribution in [3.05, 3.63) is 29.8 Å². The third-order valence-corrected chi connectivity index (χ3v) is 3.26. The van der Waals surface area contributed by atoms with Gasteiger partial charge in [0.25, 0.3) is 0 Å². The van der Waals surface area contributed by atoms with Crippen molar-refractivity contribution in [3.63, 3.8) is 0 Å². The van der Waals surface area contributed by atoms with E-state index in [4.69, 9.17) is 5.73 Å². The predicted molar refractivity (Wildman–Crippen MR) is 75.3 cm³/mol. The van der Waals surface area contributed by atoms with Crippen LogP contribution in [0.25, 0.3) is 0 Å². The third-order valence-electron chi connectivity index (χ3n) is 3.26. The molecule has 100 valence electrons. The number of hydrogen-bond donors (Lipinski definition) is 2. The summed E-state index contributed by atoms with van der Waals surface area (Å²) >= 11 is 0. The van der Waals surface area contributed by atoms with E-state index < -0.39 is 0 Å². The Hall–Kier alpha value is -1.39. The van der Waals surface area contributed by atoms with E-state index in [0.29, 0.717) is 12.6 Å². The van der Waals surface area contributed by atoms with Crippen LogP contribution >= 0.6 is 0 Å². The van der Waals surface area contributed by atoms with Gasteiger partial charge in [0, 0.05) is 18.3 Å². The molecule has 1 rings (SSSR count). The highest BCUT2D eigenvalue weighted by molar-refractivity contribution is 5.94. The van der Waals surface area contributed by atoms with Gasteiger partial charge in [0.15, 0.2) is 0 Å². The summed E-state index contributed by atoms with van der Waals surface area (Å²) in [6.45, 7) is 6.56. The van der Waals surface area contributed by atoms with Crippen molar-refractivity contribution in [2.24, 2.45) is 5.73 Å². The zero-order chi connectivity index (χ0) is 13.7. The summed E-state index contributed by atoms with van der Waals surface area (Å²) in [7, 11) is 1.95. The van der Waals surface area contributed by atoms with Crippen LogP contribution in [0.2, 0.25) is 0 Å². The average Bonchev–Trinajstić information content (AvgIpc) is 2.37. The SMILES string of the molecule is CC(C)N(C)C(C)C(=O)Nc1ccc(CN)cc1. The highest BCUT2D eigenvalue weighted by Gasteiger charge is 2.19. The summed E-state index contributed by atoms with van der Waals surface area (Å²) in [4.78, 5) is 14.1. The van der Waals surface area contributed by atoms with Crippen LogP contribution in [-0.2, 0) is 11.3 Å². The van der Waals surface area contributed by atoms with Crippen molar-refractivity contribution in [3.8, 4) is 0 Å². The molecule has 18 heavy (non-hydrogen) atoms. The lowest BCUT2D eigenvalue weighted by atomic mass is 10.2. The van der Waals surface area contributed by atoms with Crippen LogP contribution in [0.5, 0.6) is 0 Å². The lowest BCUT2D eigenvalue weighted by Gasteiger charge is -2.27. The molecule has 1 unspecified atom stereocenters. The molecule has 4 heteroatoms. The second-order valence-electron chi connectivity index (χ2n) is 4.83. The van der Waals surface area contributed by atoms with E-state index in [9.17, 15) is 4.79 Å². The molecular weight excluding hydrogens is 226 g/mol. The molecule has 0 saturated heterocycles. The molecule has 0 aromatic heterocycles. The first-order valence-corrected chi connectivity index (χ1v) is 6.27. The van der Waals surface area contributed by atoms with Crippen LogP contribution in [0, 0.1) is 0 Å². The Labute approximate surface area is 109 Å². The highest BCUT2D eigenvalue weighted by Crippen LogP contribution is 2.11. The molecule has 0 radical (unpaired) electrons. The fourth-order valence-electron chi connectivity index (χ4n) is 1.60. The zero-order valence-corrected chi connectivity index (χ0v) is 11.6. The molecule has 4 nitrogen and oxygen atoms in total. The van der Waals surface area contributed by atoms with Gasteiger partial charge < -0.3 is 11.1 Å². The molecule has 0 saturated carbocycles. The minimum atomic E-state index is -0.154. The third kappa shape index (κ3) is 3.82. The van der Waals surface area contributed by atoms with E-state index in [1.807, 2.05) is 43.1 Å². The van der Waals surface area contributed by atoms with Crippen molar-refractivity contribution < 1.29 is 4.79 Å². The first-order chi connectivity index (χ1) is 8.45. The second kappa shape index (κ2) is 6.52. The lowest BCUT2D eigenvalue weighted by Crippen LogP contribution is -2.43. The minimum Gasteiger partial charge on any atom is -0.326 e. The van der Waals surface area contributed by atoms with Gasteiger partial charge in [0.2, 0.25) is 5.91 Å². The molecule has 1 aromatic carbocycles. The normalized spacial score (nSPS) is 12.8. The summed E-state index contributed by atoms with van der Waals surface area (Å²) in [6, 6.07) is 7.79. The summed E-state index contributed by atoms with van der Waals surface area (Å²) in [5.41, 5.74) is 7.39. The van der Waals surface area contributed by atoms with Crippen molar-refractivity contribution in [1.82, 2.24) is 4.90 Å². The number of carbonyl (C=O) groups is 1. The number of carbonyl (C=O) groups excluding carboxylic acids is 1. The minimum absolute atomic E-state index is 0.00620. The molecule has 1 amide bonds. The Morgan fingerprint density at radius 2 is 1.83 bits per heavy atom. The van der Waals surface area contributed by atoms with Gasteiger partial charge in [-0.15, -0.1) is 0 Å². The molecule has 1 aromatic rings. The van der Waals surface area contributed by atoms with Crippen molar-refractivity contribution >= 4 is 11.6 Å². The zero-order valence-electron chi connectivity index (χ0n) is 11.6. The smallest absolute Gasteiger partial charge is 0.241 e. The largest absolute Gasteiger partial charge is 0.326 e. The molecule has 0 bridgehead atoms. The molecule has 3 N–H and O–H groups in total. The van der Waals surface area contributed by atoms with Crippen LogP contribution in [0.3, 0.4) is 0 Å². The Kier molecular flexibility index (Phi) is 5.31. The molecule has 1 atom stereocenters. The topological polar surface area (TPSA) is 58.4 Å². The average molecular weight is 249 g/mol. The fraction of sp³-hybridized carbons (Fsp3) is 0.500. The van der Waals surface area contributed by atoms with E-state index in [-0.39, 0.29) is 11.9 Å². The Morgan fingerprint density at radius 3 is 2.28 bits per heavy atom. The number of hydrogen-bond acceptors (Lipinski definition) is 3. The summed E-state index contributed by atoms with van der Waals surface area (Å²) in [5.74, 6) is 0.00620. The van der Waals surface area contributed by atoms with E-state index >= 15 is 0 Å². The van der Waals surface area contributed by atoms with Crippen LogP contribution in [-0.4, -0.2) is 29.9 Å². The second-order valence-corrected chi connectivity index (χ2v) is 4.83. The molecule has 0 heterocycles. The first-order valence-electron chi connectivity index (χ1n) is 6.27. The van der Waals surface area contributed by atoms with Crippen molar-refractivity contribution in [1.29, 1.82) is 0 Å². The maximum absolute atomic E-state index is 12.0. The lowest BCUT2D eigenvalue weighted by molar-refractivity contribution is -0.120. The molecule has 0 spiro atoms. The van der Waals surface area contributed by atoms with Gasteiger partial charge in [-0.25, -0.2) is 0 Å². The molecule has 0 fully saturated rings. The van der Waals surface area contributed by atoms with Crippen molar-refractivity contribution in [2.45, 2.75) is 39.4 Å². The predicted octanol–water partition coefficient (Wildman–Crippen LogP) is 1.81. The number of benzene rings is 1. The van der Waals surface area contributed by atoms with Crippen LogP contribution in [0.4, 0.5) is 5.69 Å². The highest BCUT2D eigenvalue weighted by atomic mass is 16.2. The first kappa shape index (κ1) is 14.7. The Balaban J connectivity index is 2.63. The number of anilines is 1. The number of rotatable bonds is 5. The number of nitrogens with zero attached hydrogens (tertiary/aromatic N) is 1. The van der Waals surface area contributed by atoms with Gasteiger partial charge in [-0.1, -0.05) is 12.1 Å². The van der Waals surface area contributed by atoms with Gasteiger partial charge in [-0.2, -0.15) is 0 Å². The van der Waals surface area contributed by atoms with Gasteiger partial charge in [0.05, 0.1) is 6.04 Å². The molecule has 0 aliphatic rings. The Bertz CT molecular complexity index is 387. The van der Waals surface area contributed by atoms with E-state index in [2.05, 4.69) is 19.2 Å². The van der Waals surface area contributed by atoms with Crippen LogP contribution in [0.1, 0.15) is 26.3 Å². The standard InChI is InChI=1S/C14H23N3O/c1-10(2)17(4)11(3)14(18)16-13-7-5-12(9-15)6-8-13/h5-8,10-11H,9,15H2,1-4H3,(H,16,18). The maximum Gasteiger partial charge on any atom is 0.241 e. The maximum atomic E-state index is 12.0. The van der Waals surface area contributed by atoms with Gasteiger partial charge >= 0.3 is 0 Å². The number of nitrogens with one attached hydrogen (secondary N) is 1. The number of amides is 1. The summed E-state index contributed by atoms with van der Waals surface area (Å²) < 4.78 is 0. The van der Waals surface area contributed by atoms with E-state index in [1.165, 1.54) is 0 Å². The van der Waals surface area contributed by atoms with E-state index in [0.717, 1.165) is 11.3 Å². The van der Waals surface area contributed by atoms with Crippen LogP contribution in [0.15, 0.2) is 24.3 Å². The monoisotopic (exact) mass is 249 g/mol. The number of likely N-dealkylation sites (N-methyl/N-ethyl adjacent to an activating group) is 1. The van der Waals surface area contributed by atoms with E-state index in [1.54, 1.807) is 0 Å². The Morgan fingerprint density at radius 1 is 1.28 bits per heavy atom. The van der Waals surface area contributed by atoms with Crippen molar-refractivity contribution in [2.75, 3.05) is 12.4 Å². The van der Waals surface area contributed by atoms with Gasteiger partial charge in [0.1, 0.15) is 0 Å². The number of nitrogens with two attached hydrogens (primary N) is 1. The molecule has 0 aliphatic heterocycles. The summed E-state index contributed by atoms with van der Waals surface area (Å²) in [6.07, 6.45) is 0. The molecule has 0 aliphatic carbocycles. The fourth-order valence-corrected chi connectivity index (χ4v) is 1.60. The van der Waals surface area contributed by atoms with Gasteiger partial charge in [-0.3, -0.25) is 9.69 Å². The summed E-state index contributed by atoms with van der Waals surface area (Å²) in [5, 5.41) is 2.91. The van der Waals surface area contributed by atoms with Crippen LogP contribution < -0.4 is 11.1 Å². The molecular formula is C14H23N3O. The quantitative estimate of drug-likeness (QED) is 0.836. The van der Waals surface area contributed by atoms with Gasteiger partial charge in [-0.05, 0) is 45.5 Å².